The molecule has 0 bridgehead atoms. The van der Waals surface area contributed by atoms with Crippen molar-refractivity contribution < 1.29 is 18.8 Å². The number of piperazine rings is 1. The molecular weight excluding hydrogens is 351 g/mol. The minimum absolute atomic E-state index is 0.242. The van der Waals surface area contributed by atoms with Crippen LogP contribution in [0.1, 0.15) is 10.4 Å². The maximum Gasteiger partial charge on any atom is 0.316 e. The average molecular weight is 370 g/mol. The highest BCUT2D eigenvalue weighted by atomic mass is 19.1. The Morgan fingerprint density at radius 1 is 0.889 bits per heavy atom. The number of nitrogen functional groups attached to an aromatic ring is 1. The van der Waals surface area contributed by atoms with Crippen molar-refractivity contribution in [3.8, 4) is 0 Å². The quantitative estimate of drug-likeness (QED) is 0.608. The number of amides is 3. The van der Waals surface area contributed by atoms with E-state index in [9.17, 15) is 18.8 Å². The second kappa shape index (κ2) is 7.86. The van der Waals surface area contributed by atoms with E-state index in [1.165, 1.54) is 41.3 Å². The molecule has 0 aliphatic carbocycles. The topological polar surface area (TPSA) is 95.7 Å². The maximum absolute atomic E-state index is 13.0. The van der Waals surface area contributed by atoms with Gasteiger partial charge in [0.05, 0.1) is 0 Å². The lowest BCUT2D eigenvalue weighted by molar-refractivity contribution is -0.145. The van der Waals surface area contributed by atoms with Gasteiger partial charge in [-0.05, 0) is 48.5 Å². The second-order valence-electron chi connectivity index (χ2n) is 6.16. The van der Waals surface area contributed by atoms with Crippen molar-refractivity contribution in [3.63, 3.8) is 0 Å². The van der Waals surface area contributed by atoms with Gasteiger partial charge in [0.2, 0.25) is 0 Å². The van der Waals surface area contributed by atoms with Crippen LogP contribution >= 0.6 is 0 Å². The van der Waals surface area contributed by atoms with Crippen LogP contribution < -0.4 is 16.0 Å². The first-order chi connectivity index (χ1) is 12.9. The van der Waals surface area contributed by atoms with Crippen LogP contribution in [0, 0.1) is 5.82 Å². The van der Waals surface area contributed by atoms with E-state index in [4.69, 9.17) is 5.73 Å². The molecule has 0 atom stereocenters. The molecule has 1 fully saturated rings. The van der Waals surface area contributed by atoms with Crippen LogP contribution in [0.15, 0.2) is 48.5 Å². The minimum Gasteiger partial charge on any atom is -0.399 e. The van der Waals surface area contributed by atoms with Gasteiger partial charge in [-0.1, -0.05) is 0 Å². The third kappa shape index (κ3) is 4.41. The number of carbonyl (C=O) groups is 3. The molecule has 0 spiro atoms. The van der Waals surface area contributed by atoms with Gasteiger partial charge in [0, 0.05) is 43.1 Å². The molecule has 0 unspecified atom stereocenters. The Kier molecular flexibility index (Phi) is 5.35. The minimum atomic E-state index is -0.966. The van der Waals surface area contributed by atoms with Gasteiger partial charge in [0.15, 0.2) is 0 Å². The van der Waals surface area contributed by atoms with Crippen molar-refractivity contribution >= 4 is 29.1 Å². The lowest BCUT2D eigenvalue weighted by Gasteiger charge is -2.35. The van der Waals surface area contributed by atoms with E-state index in [1.807, 2.05) is 4.90 Å². The number of nitrogens with one attached hydrogen (secondary N) is 1. The third-order valence-electron chi connectivity index (χ3n) is 4.35. The van der Waals surface area contributed by atoms with Crippen molar-refractivity contribution in [2.24, 2.45) is 0 Å². The zero-order valence-corrected chi connectivity index (χ0v) is 14.5. The van der Waals surface area contributed by atoms with Crippen molar-refractivity contribution in [1.29, 1.82) is 0 Å². The molecule has 2 aromatic carbocycles. The molecule has 3 N–H and O–H groups in total. The molecule has 1 saturated heterocycles. The van der Waals surface area contributed by atoms with E-state index < -0.39 is 17.7 Å². The Hall–Kier alpha value is -3.42. The summed E-state index contributed by atoms with van der Waals surface area (Å²) < 4.78 is 13.0. The number of hydrogen-bond acceptors (Lipinski definition) is 5. The molecule has 7 nitrogen and oxygen atoms in total. The maximum atomic E-state index is 13.0. The van der Waals surface area contributed by atoms with E-state index in [-0.39, 0.29) is 11.4 Å². The second-order valence-corrected chi connectivity index (χ2v) is 6.16. The molecule has 0 radical (unpaired) electrons. The Morgan fingerprint density at radius 3 is 2.07 bits per heavy atom. The summed E-state index contributed by atoms with van der Waals surface area (Å²) in [4.78, 5) is 39.8. The van der Waals surface area contributed by atoms with Crippen LogP contribution in [0.3, 0.4) is 0 Å². The molecule has 8 heteroatoms. The van der Waals surface area contributed by atoms with Crippen LogP contribution in [0.2, 0.25) is 0 Å². The Balaban J connectivity index is 1.53. The van der Waals surface area contributed by atoms with Crippen LogP contribution in [0.25, 0.3) is 0 Å². The number of benzene rings is 2. The predicted octanol–water partition coefficient (Wildman–Crippen LogP) is 1.01. The zero-order chi connectivity index (χ0) is 19.4. The van der Waals surface area contributed by atoms with Crippen molar-refractivity contribution in [2.75, 3.05) is 36.8 Å². The molecule has 1 aliphatic heterocycles. The van der Waals surface area contributed by atoms with Crippen LogP contribution in [0.5, 0.6) is 0 Å². The van der Waals surface area contributed by atoms with Crippen LogP contribution in [0.4, 0.5) is 15.8 Å². The van der Waals surface area contributed by atoms with Gasteiger partial charge >= 0.3 is 11.8 Å². The van der Waals surface area contributed by atoms with Crippen molar-refractivity contribution in [2.45, 2.75) is 0 Å². The standard InChI is InChI=1S/C19H19FN4O3/c20-14-3-7-16(8-4-14)23-9-11-24(12-10-23)19(27)18(26)22-17(25)13-1-5-15(21)6-2-13/h1-8H,9-12,21H2,(H,22,25,26). The van der Waals surface area contributed by atoms with Crippen LogP contribution in [-0.2, 0) is 9.59 Å². The molecule has 0 aromatic heterocycles. The zero-order valence-electron chi connectivity index (χ0n) is 14.5. The van der Waals surface area contributed by atoms with Gasteiger partial charge in [-0.25, -0.2) is 4.39 Å². The lowest BCUT2D eigenvalue weighted by atomic mass is 10.2. The summed E-state index contributed by atoms with van der Waals surface area (Å²) in [5.74, 6) is -2.68. The number of carbonyl (C=O) groups excluding carboxylic acids is 3. The largest absolute Gasteiger partial charge is 0.399 e. The summed E-state index contributed by atoms with van der Waals surface area (Å²) in [6, 6.07) is 12.1. The Labute approximate surface area is 155 Å². The number of rotatable bonds is 2. The fraction of sp³-hybridized carbons (Fsp3) is 0.211. The molecule has 27 heavy (non-hydrogen) atoms. The predicted molar refractivity (Wildman–Crippen MR) is 98.5 cm³/mol. The summed E-state index contributed by atoms with van der Waals surface area (Å²) in [5.41, 5.74) is 7.14. The van der Waals surface area contributed by atoms with Gasteiger partial charge in [-0.3, -0.25) is 19.7 Å². The van der Waals surface area contributed by atoms with E-state index in [0.29, 0.717) is 31.9 Å². The monoisotopic (exact) mass is 370 g/mol. The highest BCUT2D eigenvalue weighted by molar-refractivity contribution is 6.38. The summed E-state index contributed by atoms with van der Waals surface area (Å²) in [6.45, 7) is 1.69. The molecule has 2 aromatic rings. The summed E-state index contributed by atoms with van der Waals surface area (Å²) >= 11 is 0. The molecule has 1 heterocycles. The van der Waals surface area contributed by atoms with E-state index in [1.54, 1.807) is 12.1 Å². The third-order valence-corrected chi connectivity index (χ3v) is 4.35. The number of halogens is 1. The Morgan fingerprint density at radius 2 is 1.48 bits per heavy atom. The highest BCUT2D eigenvalue weighted by Gasteiger charge is 2.27. The molecule has 3 amide bonds. The molecular formula is C19H19FN4O3. The number of nitrogens with two attached hydrogens (primary N) is 1. The number of anilines is 2. The molecule has 1 aliphatic rings. The summed E-state index contributed by atoms with van der Waals surface area (Å²) in [5, 5.41) is 2.10. The number of hydrogen-bond donors (Lipinski definition) is 2. The van der Waals surface area contributed by atoms with E-state index >= 15 is 0 Å². The van der Waals surface area contributed by atoms with Crippen molar-refractivity contribution in [3.05, 3.63) is 59.9 Å². The van der Waals surface area contributed by atoms with E-state index in [2.05, 4.69) is 5.32 Å². The smallest absolute Gasteiger partial charge is 0.316 e. The van der Waals surface area contributed by atoms with Gasteiger partial charge in [-0.15, -0.1) is 0 Å². The van der Waals surface area contributed by atoms with Gasteiger partial charge < -0.3 is 15.5 Å². The number of nitrogens with zero attached hydrogens (tertiary/aromatic N) is 2. The van der Waals surface area contributed by atoms with Gasteiger partial charge in [-0.2, -0.15) is 0 Å². The summed E-state index contributed by atoms with van der Waals surface area (Å²) in [6.07, 6.45) is 0. The van der Waals surface area contributed by atoms with E-state index in [0.717, 1.165) is 5.69 Å². The fourth-order valence-electron chi connectivity index (χ4n) is 2.83. The van der Waals surface area contributed by atoms with Crippen molar-refractivity contribution in [1.82, 2.24) is 10.2 Å². The van der Waals surface area contributed by atoms with Gasteiger partial charge in [0.1, 0.15) is 5.82 Å². The number of imide groups is 1. The normalized spacial score (nSPS) is 14.0. The Bertz CT molecular complexity index is 844. The molecule has 0 saturated carbocycles. The summed E-state index contributed by atoms with van der Waals surface area (Å²) in [7, 11) is 0. The lowest BCUT2D eigenvalue weighted by Crippen LogP contribution is -2.53. The highest BCUT2D eigenvalue weighted by Crippen LogP contribution is 2.17. The van der Waals surface area contributed by atoms with Gasteiger partial charge in [0.25, 0.3) is 5.91 Å². The first kappa shape index (κ1) is 18.4. The molecule has 140 valence electrons. The first-order valence-corrected chi connectivity index (χ1v) is 8.44. The van der Waals surface area contributed by atoms with Crippen LogP contribution in [-0.4, -0.2) is 48.8 Å². The average Bonchev–Trinajstić information content (AvgIpc) is 2.68. The SMILES string of the molecule is Nc1ccc(C(=O)NC(=O)C(=O)N2CCN(c3ccc(F)cc3)CC2)cc1. The first-order valence-electron chi connectivity index (χ1n) is 8.44. The fourth-order valence-corrected chi connectivity index (χ4v) is 2.83. The molecule has 3 rings (SSSR count).